The monoisotopic (exact) mass is 221 g/mol. The lowest BCUT2D eigenvalue weighted by atomic mass is 11.3. The van der Waals surface area contributed by atoms with Crippen molar-refractivity contribution < 1.29 is 34.9 Å². The summed E-state index contributed by atoms with van der Waals surface area (Å²) in [4.78, 5) is 10.1. The third kappa shape index (κ3) is 7.20. The SMILES string of the molecule is O=C(NS(=O)(=O)O)OS(=O)(=O)O. The second kappa shape index (κ2) is 3.22. The number of hydrogen-bond donors (Lipinski definition) is 3. The first-order valence-corrected chi connectivity index (χ1v) is 4.87. The highest BCUT2D eigenvalue weighted by Gasteiger charge is 2.17. The van der Waals surface area contributed by atoms with Crippen molar-refractivity contribution in [3.05, 3.63) is 0 Å². The summed E-state index contributed by atoms with van der Waals surface area (Å²) in [6.07, 6.45) is -2.04. The van der Waals surface area contributed by atoms with Crippen molar-refractivity contribution in [1.29, 1.82) is 0 Å². The summed E-state index contributed by atoms with van der Waals surface area (Å²) in [5, 5.41) is 0. The van der Waals surface area contributed by atoms with Crippen LogP contribution < -0.4 is 4.72 Å². The highest BCUT2D eigenvalue weighted by molar-refractivity contribution is 7.84. The molecule has 0 aliphatic rings. The van der Waals surface area contributed by atoms with Crippen LogP contribution in [-0.2, 0) is 24.9 Å². The maximum atomic E-state index is 10.1. The van der Waals surface area contributed by atoms with Crippen molar-refractivity contribution in [2.45, 2.75) is 0 Å². The highest BCUT2D eigenvalue weighted by atomic mass is 32.3. The van der Waals surface area contributed by atoms with Gasteiger partial charge in [-0.05, 0) is 0 Å². The summed E-state index contributed by atoms with van der Waals surface area (Å²) >= 11 is 0. The van der Waals surface area contributed by atoms with E-state index in [0.717, 1.165) is 0 Å². The lowest BCUT2D eigenvalue weighted by Crippen LogP contribution is -2.31. The van der Waals surface area contributed by atoms with Crippen LogP contribution in [0.3, 0.4) is 0 Å². The molecule has 0 bridgehead atoms. The van der Waals surface area contributed by atoms with Crippen LogP contribution in [0.4, 0.5) is 4.79 Å². The largest absolute Gasteiger partial charge is 0.450 e. The van der Waals surface area contributed by atoms with E-state index < -0.39 is 26.8 Å². The standard InChI is InChI=1S/CH3NO8S2/c3-1(2-11(4,5)6)10-12(7,8)9/h(H,2,3)(H,4,5,6)(H,7,8,9). The summed E-state index contributed by atoms with van der Waals surface area (Å²) in [6, 6.07) is 0. The van der Waals surface area contributed by atoms with Gasteiger partial charge in [0.25, 0.3) is 0 Å². The number of nitrogens with one attached hydrogen (secondary N) is 1. The summed E-state index contributed by atoms with van der Waals surface area (Å²) in [5.41, 5.74) is 0. The molecule has 0 saturated carbocycles. The smallest absolute Gasteiger partial charge is 0.306 e. The van der Waals surface area contributed by atoms with Crippen molar-refractivity contribution in [1.82, 2.24) is 4.72 Å². The molecule has 0 atom stereocenters. The second-order valence-electron chi connectivity index (χ2n) is 1.38. The molecule has 12 heavy (non-hydrogen) atoms. The average Bonchev–Trinajstić information content (AvgIpc) is 1.49. The van der Waals surface area contributed by atoms with Gasteiger partial charge in [-0.2, -0.15) is 21.6 Å². The van der Waals surface area contributed by atoms with Crippen LogP contribution in [0.25, 0.3) is 0 Å². The Kier molecular flexibility index (Phi) is 2.98. The molecular weight excluding hydrogens is 218 g/mol. The Bertz CT molecular complexity index is 324. The van der Waals surface area contributed by atoms with Crippen molar-refractivity contribution >= 4 is 26.8 Å². The van der Waals surface area contributed by atoms with Crippen LogP contribution in [0.2, 0.25) is 0 Å². The zero-order valence-corrected chi connectivity index (χ0v) is 6.79. The van der Waals surface area contributed by atoms with Crippen LogP contribution in [0.15, 0.2) is 0 Å². The molecule has 0 heterocycles. The fourth-order valence-corrected chi connectivity index (χ4v) is 0.756. The van der Waals surface area contributed by atoms with Gasteiger partial charge in [0.1, 0.15) is 0 Å². The Labute approximate surface area is 67.2 Å². The number of rotatable bonds is 2. The first-order valence-electron chi connectivity index (χ1n) is 2.06. The van der Waals surface area contributed by atoms with E-state index in [1.54, 1.807) is 0 Å². The molecule has 0 aromatic rings. The van der Waals surface area contributed by atoms with Gasteiger partial charge in [-0.25, -0.2) is 4.79 Å². The molecule has 11 heteroatoms. The molecule has 0 aromatic carbocycles. The van der Waals surface area contributed by atoms with Gasteiger partial charge in [0.15, 0.2) is 0 Å². The van der Waals surface area contributed by atoms with Gasteiger partial charge >= 0.3 is 26.8 Å². The van der Waals surface area contributed by atoms with E-state index in [4.69, 9.17) is 9.11 Å². The van der Waals surface area contributed by atoms with Gasteiger partial charge in [0.2, 0.25) is 0 Å². The number of amides is 1. The fourth-order valence-electron chi connectivity index (χ4n) is 0.218. The van der Waals surface area contributed by atoms with Crippen molar-refractivity contribution in [2.75, 3.05) is 0 Å². The van der Waals surface area contributed by atoms with Crippen LogP contribution in [0, 0.1) is 0 Å². The molecule has 3 N–H and O–H groups in total. The summed E-state index contributed by atoms with van der Waals surface area (Å²) in [5.74, 6) is 0. The molecule has 0 unspecified atom stereocenters. The van der Waals surface area contributed by atoms with Gasteiger partial charge in [0, 0.05) is 0 Å². The molecule has 9 nitrogen and oxygen atoms in total. The van der Waals surface area contributed by atoms with Crippen LogP contribution in [0.1, 0.15) is 0 Å². The van der Waals surface area contributed by atoms with E-state index in [1.807, 2.05) is 0 Å². The minimum atomic E-state index is -5.08. The first-order chi connectivity index (χ1) is 5.10. The zero-order chi connectivity index (χ0) is 9.99. The van der Waals surface area contributed by atoms with Crippen molar-refractivity contribution in [2.24, 2.45) is 0 Å². The predicted molar refractivity (Wildman–Crippen MR) is 32.7 cm³/mol. The predicted octanol–water partition coefficient (Wildman–Crippen LogP) is -1.68. The minimum Gasteiger partial charge on any atom is -0.306 e. The molecule has 0 fully saturated rings. The maximum Gasteiger partial charge on any atom is 0.450 e. The normalized spacial score (nSPS) is 12.2. The van der Waals surface area contributed by atoms with Crippen molar-refractivity contribution in [3.63, 3.8) is 0 Å². The Balaban J connectivity index is 4.30. The van der Waals surface area contributed by atoms with Gasteiger partial charge in [-0.15, -0.1) is 0 Å². The Morgan fingerprint density at radius 3 is 1.83 bits per heavy atom. The van der Waals surface area contributed by atoms with Gasteiger partial charge in [-0.1, -0.05) is 0 Å². The Hall–Kier alpha value is -0.910. The Morgan fingerprint density at radius 1 is 1.17 bits per heavy atom. The van der Waals surface area contributed by atoms with E-state index in [1.165, 1.54) is 0 Å². The molecule has 0 rings (SSSR count). The number of carbonyl (C=O) groups excluding carboxylic acids is 1. The lowest BCUT2D eigenvalue weighted by Gasteiger charge is -1.98. The van der Waals surface area contributed by atoms with E-state index in [2.05, 4.69) is 4.18 Å². The van der Waals surface area contributed by atoms with E-state index >= 15 is 0 Å². The molecule has 0 aliphatic carbocycles. The van der Waals surface area contributed by atoms with Gasteiger partial charge in [-0.3, -0.25) is 9.11 Å². The van der Waals surface area contributed by atoms with E-state index in [0.29, 0.717) is 4.72 Å². The fraction of sp³-hybridized carbons (Fsp3) is 0. The van der Waals surface area contributed by atoms with Crippen LogP contribution >= 0.6 is 0 Å². The summed E-state index contributed by atoms with van der Waals surface area (Å²) in [6.45, 7) is 0. The Morgan fingerprint density at radius 2 is 1.58 bits per heavy atom. The average molecular weight is 221 g/mol. The molecule has 0 radical (unpaired) electrons. The van der Waals surface area contributed by atoms with Crippen molar-refractivity contribution in [3.8, 4) is 0 Å². The number of hydrogen-bond acceptors (Lipinski definition) is 6. The third-order valence-electron chi connectivity index (χ3n) is 0.393. The van der Waals surface area contributed by atoms with Gasteiger partial charge in [0.05, 0.1) is 0 Å². The summed E-state index contributed by atoms with van der Waals surface area (Å²) in [7, 11) is -9.98. The van der Waals surface area contributed by atoms with E-state index in [9.17, 15) is 21.6 Å². The third-order valence-corrected chi connectivity index (χ3v) is 1.18. The topological polar surface area (TPSA) is 147 Å². The molecular formula is CH3NO8S2. The first kappa shape index (κ1) is 11.1. The van der Waals surface area contributed by atoms with Crippen LogP contribution in [-0.4, -0.2) is 32.0 Å². The van der Waals surface area contributed by atoms with Gasteiger partial charge < -0.3 is 4.18 Å². The highest BCUT2D eigenvalue weighted by Crippen LogP contribution is 1.87. The maximum absolute atomic E-state index is 10.1. The van der Waals surface area contributed by atoms with E-state index in [-0.39, 0.29) is 0 Å². The minimum absolute atomic E-state index is 0.703. The zero-order valence-electron chi connectivity index (χ0n) is 5.16. The van der Waals surface area contributed by atoms with Crippen LogP contribution in [0.5, 0.6) is 0 Å². The molecule has 0 aromatic heterocycles. The molecule has 1 amide bonds. The lowest BCUT2D eigenvalue weighted by molar-refractivity contribution is 0.201. The molecule has 0 aliphatic heterocycles. The number of carbonyl (C=O) groups is 1. The molecule has 0 saturated heterocycles. The molecule has 72 valence electrons. The second-order valence-corrected chi connectivity index (χ2v) is 3.55. The molecule has 0 spiro atoms. The summed E-state index contributed by atoms with van der Waals surface area (Å²) < 4.78 is 58.5. The quantitative estimate of drug-likeness (QED) is 0.468.